The van der Waals surface area contributed by atoms with Crippen LogP contribution in [0.25, 0.3) is 11.4 Å². The summed E-state index contributed by atoms with van der Waals surface area (Å²) in [5.74, 6) is 1.98. The fraction of sp³-hybridized carbons (Fsp3) is 0.357. The quantitative estimate of drug-likeness (QED) is 0.919. The fourth-order valence-electron chi connectivity index (χ4n) is 2.07. The standard InChI is InChI=1S/C14H19N5O/c1-8-6-9(2)11(10(7-8)20-5)12-16-13(15)18-14(17-12)19(3)4/h6-7H,1-5H3,(H2,15,16,17,18). The zero-order chi connectivity index (χ0) is 14.9. The average molecular weight is 273 g/mol. The molecule has 0 aliphatic carbocycles. The Bertz CT molecular complexity index is 640. The monoisotopic (exact) mass is 273 g/mol. The predicted octanol–water partition coefficient (Wildman–Crippen LogP) is 1.81. The third kappa shape index (κ3) is 2.64. The number of ether oxygens (including phenoxy) is 1. The molecule has 0 amide bonds. The number of hydrogen-bond acceptors (Lipinski definition) is 6. The van der Waals surface area contributed by atoms with Crippen molar-refractivity contribution in [1.29, 1.82) is 0 Å². The highest BCUT2D eigenvalue weighted by atomic mass is 16.5. The Morgan fingerprint density at radius 1 is 1.10 bits per heavy atom. The lowest BCUT2D eigenvalue weighted by molar-refractivity contribution is 0.415. The Hall–Kier alpha value is -2.37. The van der Waals surface area contributed by atoms with Gasteiger partial charge in [0.1, 0.15) is 5.75 Å². The van der Waals surface area contributed by atoms with Gasteiger partial charge < -0.3 is 15.4 Å². The second-order valence-corrected chi connectivity index (χ2v) is 4.87. The van der Waals surface area contributed by atoms with E-state index in [2.05, 4.69) is 21.0 Å². The maximum Gasteiger partial charge on any atom is 0.230 e. The second kappa shape index (κ2) is 5.32. The van der Waals surface area contributed by atoms with Crippen molar-refractivity contribution in [2.45, 2.75) is 13.8 Å². The van der Waals surface area contributed by atoms with Gasteiger partial charge in [-0.3, -0.25) is 0 Å². The van der Waals surface area contributed by atoms with E-state index in [0.717, 1.165) is 22.4 Å². The molecule has 0 bridgehead atoms. The van der Waals surface area contributed by atoms with E-state index in [9.17, 15) is 0 Å². The third-order valence-corrected chi connectivity index (χ3v) is 2.93. The molecule has 0 aliphatic heterocycles. The van der Waals surface area contributed by atoms with Crippen molar-refractivity contribution in [3.05, 3.63) is 23.3 Å². The van der Waals surface area contributed by atoms with E-state index < -0.39 is 0 Å². The van der Waals surface area contributed by atoms with E-state index in [0.29, 0.717) is 11.8 Å². The van der Waals surface area contributed by atoms with Gasteiger partial charge in [-0.25, -0.2) is 0 Å². The first-order valence-corrected chi connectivity index (χ1v) is 6.27. The number of nitrogens with zero attached hydrogens (tertiary/aromatic N) is 4. The molecule has 6 nitrogen and oxygen atoms in total. The largest absolute Gasteiger partial charge is 0.496 e. The highest BCUT2D eigenvalue weighted by Crippen LogP contribution is 2.32. The van der Waals surface area contributed by atoms with Crippen molar-refractivity contribution in [3.8, 4) is 17.1 Å². The molecule has 1 aromatic carbocycles. The number of rotatable bonds is 3. The van der Waals surface area contributed by atoms with Gasteiger partial charge >= 0.3 is 0 Å². The maximum absolute atomic E-state index is 5.78. The number of aromatic nitrogens is 3. The molecule has 106 valence electrons. The molecule has 0 aliphatic rings. The summed E-state index contributed by atoms with van der Waals surface area (Å²) in [5, 5.41) is 0. The Labute approximate surface area is 118 Å². The summed E-state index contributed by atoms with van der Waals surface area (Å²) >= 11 is 0. The SMILES string of the molecule is COc1cc(C)cc(C)c1-c1nc(N)nc(N(C)C)n1. The van der Waals surface area contributed by atoms with Crippen LogP contribution in [-0.2, 0) is 0 Å². The van der Waals surface area contributed by atoms with Crippen LogP contribution in [0.2, 0.25) is 0 Å². The average Bonchev–Trinajstić information content (AvgIpc) is 2.36. The van der Waals surface area contributed by atoms with Crippen LogP contribution in [0.1, 0.15) is 11.1 Å². The van der Waals surface area contributed by atoms with Crippen molar-refractivity contribution in [3.63, 3.8) is 0 Å². The topological polar surface area (TPSA) is 77.2 Å². The first-order chi connectivity index (χ1) is 9.42. The van der Waals surface area contributed by atoms with E-state index in [1.54, 1.807) is 12.0 Å². The summed E-state index contributed by atoms with van der Waals surface area (Å²) < 4.78 is 5.45. The molecule has 0 fully saturated rings. The molecule has 1 heterocycles. The molecule has 0 saturated heterocycles. The molecule has 1 aromatic heterocycles. The van der Waals surface area contributed by atoms with Gasteiger partial charge in [0, 0.05) is 14.1 Å². The van der Waals surface area contributed by atoms with E-state index in [1.807, 2.05) is 34.0 Å². The third-order valence-electron chi connectivity index (χ3n) is 2.93. The van der Waals surface area contributed by atoms with Crippen molar-refractivity contribution < 1.29 is 4.74 Å². The molecule has 2 N–H and O–H groups in total. The summed E-state index contributed by atoms with van der Waals surface area (Å²) in [7, 11) is 5.35. The van der Waals surface area contributed by atoms with Crippen LogP contribution in [-0.4, -0.2) is 36.2 Å². The van der Waals surface area contributed by atoms with Gasteiger partial charge in [-0.1, -0.05) is 6.07 Å². The molecule has 2 rings (SSSR count). The van der Waals surface area contributed by atoms with Gasteiger partial charge in [-0.2, -0.15) is 15.0 Å². The Balaban J connectivity index is 2.68. The normalized spacial score (nSPS) is 10.4. The number of aryl methyl sites for hydroxylation is 2. The van der Waals surface area contributed by atoms with Crippen molar-refractivity contribution in [1.82, 2.24) is 15.0 Å². The Morgan fingerprint density at radius 2 is 1.80 bits per heavy atom. The highest BCUT2D eigenvalue weighted by molar-refractivity contribution is 5.70. The highest BCUT2D eigenvalue weighted by Gasteiger charge is 2.15. The second-order valence-electron chi connectivity index (χ2n) is 4.87. The molecule has 0 spiro atoms. The lowest BCUT2D eigenvalue weighted by Gasteiger charge is -2.15. The smallest absolute Gasteiger partial charge is 0.230 e. The van der Waals surface area contributed by atoms with E-state index >= 15 is 0 Å². The zero-order valence-electron chi connectivity index (χ0n) is 12.4. The fourth-order valence-corrected chi connectivity index (χ4v) is 2.07. The molecular formula is C14H19N5O. The first kappa shape index (κ1) is 14.0. The van der Waals surface area contributed by atoms with E-state index in [1.165, 1.54) is 0 Å². The van der Waals surface area contributed by atoms with Gasteiger partial charge in [0.15, 0.2) is 5.82 Å². The van der Waals surface area contributed by atoms with Crippen LogP contribution in [0.3, 0.4) is 0 Å². The molecule has 0 saturated carbocycles. The lowest BCUT2D eigenvalue weighted by Crippen LogP contribution is -2.15. The molecule has 0 unspecified atom stereocenters. The van der Waals surface area contributed by atoms with Crippen molar-refractivity contribution >= 4 is 11.9 Å². The zero-order valence-corrected chi connectivity index (χ0v) is 12.4. The van der Waals surface area contributed by atoms with Gasteiger partial charge in [0.2, 0.25) is 11.9 Å². The number of anilines is 2. The molecule has 2 aromatic rings. The number of nitrogens with two attached hydrogens (primary N) is 1. The summed E-state index contributed by atoms with van der Waals surface area (Å²) in [6.45, 7) is 4.02. The van der Waals surface area contributed by atoms with Crippen molar-refractivity contribution in [2.75, 3.05) is 31.8 Å². The van der Waals surface area contributed by atoms with Crippen LogP contribution in [0.4, 0.5) is 11.9 Å². The Kier molecular flexibility index (Phi) is 3.74. The molecule has 6 heteroatoms. The van der Waals surface area contributed by atoms with E-state index in [4.69, 9.17) is 10.5 Å². The van der Waals surface area contributed by atoms with Crippen LogP contribution in [0.15, 0.2) is 12.1 Å². The van der Waals surface area contributed by atoms with Gasteiger partial charge in [0.05, 0.1) is 12.7 Å². The molecular weight excluding hydrogens is 254 g/mol. The van der Waals surface area contributed by atoms with Crippen LogP contribution < -0.4 is 15.4 Å². The van der Waals surface area contributed by atoms with Crippen LogP contribution in [0, 0.1) is 13.8 Å². The minimum atomic E-state index is 0.195. The lowest BCUT2D eigenvalue weighted by atomic mass is 10.0. The molecule has 20 heavy (non-hydrogen) atoms. The summed E-state index contributed by atoms with van der Waals surface area (Å²) in [6.07, 6.45) is 0. The molecule has 0 radical (unpaired) electrons. The van der Waals surface area contributed by atoms with Gasteiger partial charge in [0.25, 0.3) is 0 Å². The first-order valence-electron chi connectivity index (χ1n) is 6.27. The number of benzene rings is 1. The summed E-state index contributed by atoms with van der Waals surface area (Å²) in [6, 6.07) is 4.02. The maximum atomic E-state index is 5.78. The van der Waals surface area contributed by atoms with E-state index in [-0.39, 0.29) is 5.95 Å². The predicted molar refractivity (Wildman–Crippen MR) is 80.0 cm³/mol. The number of methoxy groups -OCH3 is 1. The molecule has 0 atom stereocenters. The minimum absolute atomic E-state index is 0.195. The van der Waals surface area contributed by atoms with Gasteiger partial charge in [-0.05, 0) is 31.0 Å². The van der Waals surface area contributed by atoms with Gasteiger partial charge in [-0.15, -0.1) is 0 Å². The van der Waals surface area contributed by atoms with Crippen LogP contribution in [0.5, 0.6) is 5.75 Å². The Morgan fingerprint density at radius 3 is 2.40 bits per heavy atom. The minimum Gasteiger partial charge on any atom is -0.496 e. The van der Waals surface area contributed by atoms with Crippen molar-refractivity contribution in [2.24, 2.45) is 0 Å². The summed E-state index contributed by atoms with van der Waals surface area (Å²) in [4.78, 5) is 14.6. The summed E-state index contributed by atoms with van der Waals surface area (Å²) in [5.41, 5.74) is 8.78. The number of nitrogen functional groups attached to an aromatic ring is 1. The number of hydrogen-bond donors (Lipinski definition) is 1. The van der Waals surface area contributed by atoms with Crippen LogP contribution >= 0.6 is 0 Å².